The van der Waals surface area contributed by atoms with E-state index in [4.69, 9.17) is 9.47 Å². The molecule has 0 bridgehead atoms. The summed E-state index contributed by atoms with van der Waals surface area (Å²) >= 11 is 0. The number of rotatable bonds is 8. The molecule has 2 N–H and O–H groups in total. The van der Waals surface area contributed by atoms with Gasteiger partial charge in [-0.3, -0.25) is 4.79 Å². The van der Waals surface area contributed by atoms with Crippen molar-refractivity contribution in [1.82, 2.24) is 5.32 Å². The molecule has 2 rings (SSSR count). The van der Waals surface area contributed by atoms with E-state index in [1.807, 2.05) is 31.2 Å². The number of amides is 1. The largest absolute Gasteiger partial charge is 0.465 e. The van der Waals surface area contributed by atoms with E-state index in [0.29, 0.717) is 12.2 Å². The molecule has 148 valence electrons. The van der Waals surface area contributed by atoms with Crippen LogP contribution in [0.15, 0.2) is 42.5 Å². The Hall–Kier alpha value is -3.35. The third kappa shape index (κ3) is 5.84. The van der Waals surface area contributed by atoms with Crippen LogP contribution in [0.25, 0.3) is 0 Å². The molecule has 2 aromatic carbocycles. The Balaban J connectivity index is 1.95. The summed E-state index contributed by atoms with van der Waals surface area (Å²) in [6.45, 7) is 2.55. The third-order valence-electron chi connectivity index (χ3n) is 4.21. The Morgan fingerprint density at radius 2 is 1.54 bits per heavy atom. The average molecular weight is 384 g/mol. The minimum absolute atomic E-state index is 0.000982. The molecule has 0 unspecified atom stereocenters. The first-order valence-corrected chi connectivity index (χ1v) is 8.81. The van der Waals surface area contributed by atoms with Gasteiger partial charge in [0.25, 0.3) is 0 Å². The lowest BCUT2D eigenvalue weighted by molar-refractivity contribution is -0.119. The molecule has 1 amide bonds. The van der Waals surface area contributed by atoms with Crippen molar-refractivity contribution in [3.8, 4) is 0 Å². The van der Waals surface area contributed by atoms with E-state index >= 15 is 0 Å². The first-order chi connectivity index (χ1) is 13.4. The van der Waals surface area contributed by atoms with E-state index in [9.17, 15) is 14.4 Å². The molecule has 7 heteroatoms. The lowest BCUT2D eigenvalue weighted by Gasteiger charge is -2.11. The fourth-order valence-electron chi connectivity index (χ4n) is 2.67. The van der Waals surface area contributed by atoms with Crippen LogP contribution in [0, 0.1) is 6.92 Å². The Morgan fingerprint density at radius 3 is 2.11 bits per heavy atom. The van der Waals surface area contributed by atoms with Crippen LogP contribution >= 0.6 is 0 Å². The van der Waals surface area contributed by atoms with Crippen LogP contribution in [0.2, 0.25) is 0 Å². The molecule has 0 saturated carbocycles. The van der Waals surface area contributed by atoms with Gasteiger partial charge in [0, 0.05) is 12.2 Å². The first kappa shape index (κ1) is 21.0. The fourth-order valence-corrected chi connectivity index (χ4v) is 2.67. The van der Waals surface area contributed by atoms with E-state index in [1.54, 1.807) is 0 Å². The molecule has 0 radical (unpaired) electrons. The zero-order valence-electron chi connectivity index (χ0n) is 16.2. The van der Waals surface area contributed by atoms with Crippen LogP contribution in [-0.2, 0) is 20.7 Å². The summed E-state index contributed by atoms with van der Waals surface area (Å²) in [6.07, 6.45) is 0.739. The van der Waals surface area contributed by atoms with Crippen LogP contribution in [0.1, 0.15) is 31.8 Å². The second kappa shape index (κ2) is 10.1. The van der Waals surface area contributed by atoms with Gasteiger partial charge < -0.3 is 20.1 Å². The smallest absolute Gasteiger partial charge is 0.337 e. The van der Waals surface area contributed by atoms with Crippen molar-refractivity contribution in [3.63, 3.8) is 0 Å². The Bertz CT molecular complexity index is 829. The van der Waals surface area contributed by atoms with Gasteiger partial charge in [-0.2, -0.15) is 0 Å². The van der Waals surface area contributed by atoms with Gasteiger partial charge in [0.05, 0.1) is 31.9 Å². The molecule has 0 aliphatic rings. The molecule has 0 heterocycles. The molecule has 0 aliphatic heterocycles. The van der Waals surface area contributed by atoms with Crippen molar-refractivity contribution in [3.05, 3.63) is 64.7 Å². The van der Waals surface area contributed by atoms with Gasteiger partial charge in [-0.1, -0.05) is 24.3 Å². The van der Waals surface area contributed by atoms with Crippen molar-refractivity contribution in [2.75, 3.05) is 32.6 Å². The molecule has 0 atom stereocenters. The lowest BCUT2D eigenvalue weighted by atomic mass is 10.1. The van der Waals surface area contributed by atoms with Gasteiger partial charge in [-0.05, 0) is 42.7 Å². The molecular weight excluding hydrogens is 360 g/mol. The summed E-state index contributed by atoms with van der Waals surface area (Å²) in [5.74, 6) is -1.37. The summed E-state index contributed by atoms with van der Waals surface area (Å²) in [7, 11) is 2.50. The molecule has 2 aromatic rings. The maximum Gasteiger partial charge on any atom is 0.337 e. The number of carbonyl (C=O) groups excluding carboxylic acids is 3. The highest BCUT2D eigenvalue weighted by molar-refractivity contribution is 5.97. The molecule has 28 heavy (non-hydrogen) atoms. The van der Waals surface area contributed by atoms with Gasteiger partial charge in [-0.15, -0.1) is 0 Å². The molecular formula is C21H24N2O5. The quantitative estimate of drug-likeness (QED) is 0.679. The van der Waals surface area contributed by atoms with Crippen LogP contribution in [-0.4, -0.2) is 45.2 Å². The number of nitrogens with one attached hydrogen (secondary N) is 2. The number of hydrogen-bond donors (Lipinski definition) is 2. The molecule has 0 spiro atoms. The number of esters is 2. The summed E-state index contributed by atoms with van der Waals surface area (Å²) in [5, 5.41) is 5.76. The molecule has 0 fully saturated rings. The summed E-state index contributed by atoms with van der Waals surface area (Å²) in [4.78, 5) is 35.7. The molecule has 0 aliphatic carbocycles. The Morgan fingerprint density at radius 1 is 0.929 bits per heavy atom. The van der Waals surface area contributed by atoms with Crippen LogP contribution in [0.3, 0.4) is 0 Å². The second-order valence-corrected chi connectivity index (χ2v) is 6.16. The number of anilines is 1. The van der Waals surface area contributed by atoms with Crippen LogP contribution in [0.4, 0.5) is 5.69 Å². The maximum absolute atomic E-state index is 12.1. The predicted molar refractivity (Wildman–Crippen MR) is 106 cm³/mol. The highest BCUT2D eigenvalue weighted by atomic mass is 16.5. The fraction of sp³-hybridized carbons (Fsp3) is 0.286. The van der Waals surface area contributed by atoms with Gasteiger partial charge >= 0.3 is 11.9 Å². The van der Waals surface area contributed by atoms with E-state index in [-0.39, 0.29) is 23.6 Å². The first-order valence-electron chi connectivity index (χ1n) is 8.81. The van der Waals surface area contributed by atoms with Crippen molar-refractivity contribution in [2.45, 2.75) is 13.3 Å². The lowest BCUT2D eigenvalue weighted by Crippen LogP contribution is -2.31. The highest BCUT2D eigenvalue weighted by Crippen LogP contribution is 2.17. The average Bonchev–Trinajstić information content (AvgIpc) is 2.72. The molecule has 7 nitrogen and oxygen atoms in total. The van der Waals surface area contributed by atoms with Crippen LogP contribution < -0.4 is 10.6 Å². The van der Waals surface area contributed by atoms with Gasteiger partial charge in [-0.25, -0.2) is 9.59 Å². The second-order valence-electron chi connectivity index (χ2n) is 6.16. The minimum atomic E-state index is -0.587. The Labute approximate surface area is 164 Å². The standard InChI is InChI=1S/C21H24N2O5/c1-14-6-4-5-7-15(14)8-9-22-19(24)13-23-18-11-16(20(25)27-2)10-17(12-18)21(26)28-3/h4-7,10-12,23H,8-9,13H2,1-3H3,(H,22,24). The van der Waals surface area contributed by atoms with Gasteiger partial charge in [0.15, 0.2) is 0 Å². The van der Waals surface area contributed by atoms with E-state index < -0.39 is 11.9 Å². The van der Waals surface area contributed by atoms with E-state index in [2.05, 4.69) is 10.6 Å². The summed E-state index contributed by atoms with van der Waals surface area (Å²) in [5.41, 5.74) is 3.19. The summed E-state index contributed by atoms with van der Waals surface area (Å²) < 4.78 is 9.38. The normalized spacial score (nSPS) is 10.1. The maximum atomic E-state index is 12.1. The van der Waals surface area contributed by atoms with E-state index in [1.165, 1.54) is 43.5 Å². The number of aryl methyl sites for hydroxylation is 1. The number of methoxy groups -OCH3 is 2. The Kier molecular flexibility index (Phi) is 7.56. The predicted octanol–water partition coefficient (Wildman–Crippen LogP) is 2.34. The number of ether oxygens (including phenoxy) is 2. The highest BCUT2D eigenvalue weighted by Gasteiger charge is 2.14. The van der Waals surface area contributed by atoms with Crippen molar-refractivity contribution in [1.29, 1.82) is 0 Å². The molecule has 0 saturated heterocycles. The van der Waals surface area contributed by atoms with Crippen molar-refractivity contribution < 1.29 is 23.9 Å². The number of carbonyl (C=O) groups is 3. The number of hydrogen-bond acceptors (Lipinski definition) is 6. The van der Waals surface area contributed by atoms with Gasteiger partial charge in [0.1, 0.15) is 0 Å². The monoisotopic (exact) mass is 384 g/mol. The molecule has 0 aromatic heterocycles. The zero-order valence-corrected chi connectivity index (χ0v) is 16.2. The van der Waals surface area contributed by atoms with E-state index in [0.717, 1.165) is 6.42 Å². The summed E-state index contributed by atoms with van der Waals surface area (Å²) in [6, 6.07) is 12.4. The third-order valence-corrected chi connectivity index (χ3v) is 4.21. The van der Waals surface area contributed by atoms with Gasteiger partial charge in [0.2, 0.25) is 5.91 Å². The topological polar surface area (TPSA) is 93.7 Å². The van der Waals surface area contributed by atoms with Crippen molar-refractivity contribution >= 4 is 23.5 Å². The SMILES string of the molecule is COC(=O)c1cc(NCC(=O)NCCc2ccccc2C)cc(C(=O)OC)c1. The van der Waals surface area contributed by atoms with Crippen molar-refractivity contribution in [2.24, 2.45) is 0 Å². The van der Waals surface area contributed by atoms with Crippen LogP contribution in [0.5, 0.6) is 0 Å². The number of benzene rings is 2. The minimum Gasteiger partial charge on any atom is -0.465 e. The zero-order chi connectivity index (χ0) is 20.5.